The van der Waals surface area contributed by atoms with Gasteiger partial charge < -0.3 is 14.6 Å². The summed E-state index contributed by atoms with van der Waals surface area (Å²) in [5.74, 6) is 0.577. The van der Waals surface area contributed by atoms with E-state index < -0.39 is 6.09 Å². The molecule has 0 radical (unpaired) electrons. The van der Waals surface area contributed by atoms with Crippen LogP contribution in [-0.4, -0.2) is 31.0 Å². The molecule has 0 unspecified atom stereocenters. The van der Waals surface area contributed by atoms with Crippen molar-refractivity contribution in [2.45, 2.75) is 13.3 Å². The van der Waals surface area contributed by atoms with Gasteiger partial charge in [0.15, 0.2) is 0 Å². The highest BCUT2D eigenvalue weighted by molar-refractivity contribution is 6.32. The van der Waals surface area contributed by atoms with Crippen LogP contribution in [0.5, 0.6) is 5.75 Å². The Labute approximate surface area is 111 Å². The largest absolute Gasteiger partial charge is 0.492 e. The van der Waals surface area contributed by atoms with Crippen LogP contribution < -0.4 is 10.1 Å². The second-order valence-corrected chi connectivity index (χ2v) is 3.89. The first-order chi connectivity index (χ1) is 8.67. The molecule has 0 aromatic heterocycles. The van der Waals surface area contributed by atoms with E-state index in [2.05, 4.69) is 10.1 Å². The molecule has 100 valence electrons. The Morgan fingerprint density at radius 3 is 2.83 bits per heavy atom. The third-order valence-electron chi connectivity index (χ3n) is 1.96. The quantitative estimate of drug-likeness (QED) is 0.836. The first-order valence-corrected chi connectivity index (χ1v) is 6.02. The number of carbonyl (C=O) groups is 1. The molecule has 0 atom stereocenters. The maximum absolute atomic E-state index is 11.2. The van der Waals surface area contributed by atoms with Crippen LogP contribution >= 0.6 is 11.6 Å². The Morgan fingerprint density at radius 1 is 1.44 bits per heavy atom. The summed E-state index contributed by atoms with van der Waals surface area (Å²) >= 11 is 6.00. The summed E-state index contributed by atoms with van der Waals surface area (Å²) < 4.78 is 10.1. The number of anilines is 1. The van der Waals surface area contributed by atoms with E-state index in [1.807, 2.05) is 6.92 Å². The number of aliphatic hydroxyl groups is 1. The molecule has 1 aromatic rings. The summed E-state index contributed by atoms with van der Waals surface area (Å²) in [6.45, 7) is 2.33. The topological polar surface area (TPSA) is 67.8 Å². The molecule has 5 nitrogen and oxygen atoms in total. The number of halogens is 1. The van der Waals surface area contributed by atoms with Crippen molar-refractivity contribution >= 4 is 23.4 Å². The van der Waals surface area contributed by atoms with Crippen molar-refractivity contribution in [2.24, 2.45) is 0 Å². The number of hydrogen-bond acceptors (Lipinski definition) is 4. The number of rotatable bonds is 6. The standard InChI is InChI=1S/C12H16ClNO4/c1-2-6-17-11-4-3-9(8-10(11)13)14-12(16)18-7-5-15/h3-4,8,15H,2,5-7H2,1H3,(H,14,16). The Bertz CT molecular complexity index is 398. The van der Waals surface area contributed by atoms with E-state index in [0.717, 1.165) is 6.42 Å². The predicted molar refractivity (Wildman–Crippen MR) is 69.3 cm³/mol. The van der Waals surface area contributed by atoms with Crippen LogP contribution in [0.2, 0.25) is 5.02 Å². The summed E-state index contributed by atoms with van der Waals surface area (Å²) in [5, 5.41) is 11.4. The number of aliphatic hydroxyl groups excluding tert-OH is 1. The van der Waals surface area contributed by atoms with E-state index in [0.29, 0.717) is 23.1 Å². The Kier molecular flexibility index (Phi) is 6.32. The Morgan fingerprint density at radius 2 is 2.22 bits per heavy atom. The van der Waals surface area contributed by atoms with E-state index in [4.69, 9.17) is 21.4 Å². The fourth-order valence-electron chi connectivity index (χ4n) is 1.20. The van der Waals surface area contributed by atoms with E-state index in [-0.39, 0.29) is 13.2 Å². The highest BCUT2D eigenvalue weighted by Crippen LogP contribution is 2.27. The fraction of sp³-hybridized carbons (Fsp3) is 0.417. The van der Waals surface area contributed by atoms with Gasteiger partial charge in [0, 0.05) is 5.69 Å². The van der Waals surface area contributed by atoms with Crippen molar-refractivity contribution in [1.29, 1.82) is 0 Å². The minimum atomic E-state index is -0.637. The minimum Gasteiger partial charge on any atom is -0.492 e. The van der Waals surface area contributed by atoms with Gasteiger partial charge in [0.2, 0.25) is 0 Å². The molecule has 18 heavy (non-hydrogen) atoms. The van der Waals surface area contributed by atoms with Crippen molar-refractivity contribution < 1.29 is 19.4 Å². The molecule has 0 heterocycles. The maximum Gasteiger partial charge on any atom is 0.411 e. The number of ether oxygens (including phenoxy) is 2. The maximum atomic E-state index is 11.2. The molecular weight excluding hydrogens is 258 g/mol. The summed E-state index contributed by atoms with van der Waals surface area (Å²) in [7, 11) is 0. The van der Waals surface area contributed by atoms with Gasteiger partial charge in [0.1, 0.15) is 12.4 Å². The SMILES string of the molecule is CCCOc1ccc(NC(=O)OCCO)cc1Cl. The molecule has 0 saturated carbocycles. The number of amides is 1. The summed E-state index contributed by atoms with van der Waals surface area (Å²) in [4.78, 5) is 11.2. The zero-order valence-electron chi connectivity index (χ0n) is 10.1. The molecule has 1 amide bonds. The van der Waals surface area contributed by atoms with Gasteiger partial charge in [-0.05, 0) is 24.6 Å². The molecule has 0 aliphatic heterocycles. The highest BCUT2D eigenvalue weighted by atomic mass is 35.5. The first-order valence-electron chi connectivity index (χ1n) is 5.64. The monoisotopic (exact) mass is 273 g/mol. The van der Waals surface area contributed by atoms with E-state index in [1.165, 1.54) is 0 Å². The Balaban J connectivity index is 2.58. The molecule has 1 rings (SSSR count). The van der Waals surface area contributed by atoms with Crippen molar-refractivity contribution in [2.75, 3.05) is 25.1 Å². The van der Waals surface area contributed by atoms with Crippen LogP contribution in [0, 0.1) is 0 Å². The lowest BCUT2D eigenvalue weighted by molar-refractivity contribution is 0.131. The van der Waals surface area contributed by atoms with Crippen molar-refractivity contribution in [3.05, 3.63) is 23.2 Å². The minimum absolute atomic E-state index is 0.0444. The Hall–Kier alpha value is -1.46. The molecule has 0 aliphatic carbocycles. The van der Waals surface area contributed by atoms with Crippen molar-refractivity contribution in [3.8, 4) is 5.75 Å². The molecule has 0 aliphatic rings. The fourth-order valence-corrected chi connectivity index (χ4v) is 1.44. The molecule has 0 fully saturated rings. The van der Waals surface area contributed by atoms with Crippen molar-refractivity contribution in [1.82, 2.24) is 0 Å². The second kappa shape index (κ2) is 7.79. The third-order valence-corrected chi connectivity index (χ3v) is 2.26. The zero-order chi connectivity index (χ0) is 13.4. The van der Waals surface area contributed by atoms with Gasteiger partial charge in [-0.3, -0.25) is 5.32 Å². The third kappa shape index (κ3) is 4.81. The molecular formula is C12H16ClNO4. The summed E-state index contributed by atoms with van der Waals surface area (Å²) in [5.41, 5.74) is 0.506. The van der Waals surface area contributed by atoms with Gasteiger partial charge in [-0.25, -0.2) is 4.79 Å². The molecule has 0 saturated heterocycles. The number of benzene rings is 1. The number of nitrogens with one attached hydrogen (secondary N) is 1. The van der Waals surface area contributed by atoms with E-state index in [1.54, 1.807) is 18.2 Å². The van der Waals surface area contributed by atoms with Gasteiger partial charge in [0.05, 0.1) is 18.2 Å². The first kappa shape index (κ1) is 14.6. The zero-order valence-corrected chi connectivity index (χ0v) is 10.9. The lowest BCUT2D eigenvalue weighted by Gasteiger charge is -2.09. The highest BCUT2D eigenvalue weighted by Gasteiger charge is 2.06. The van der Waals surface area contributed by atoms with Crippen LogP contribution in [-0.2, 0) is 4.74 Å². The normalized spacial score (nSPS) is 9.94. The lowest BCUT2D eigenvalue weighted by Crippen LogP contribution is -2.15. The second-order valence-electron chi connectivity index (χ2n) is 3.48. The van der Waals surface area contributed by atoms with Crippen LogP contribution in [0.15, 0.2) is 18.2 Å². The molecule has 2 N–H and O–H groups in total. The van der Waals surface area contributed by atoms with Crippen LogP contribution in [0.3, 0.4) is 0 Å². The van der Waals surface area contributed by atoms with Gasteiger partial charge in [-0.1, -0.05) is 18.5 Å². The van der Waals surface area contributed by atoms with Gasteiger partial charge in [-0.15, -0.1) is 0 Å². The molecule has 0 bridgehead atoms. The lowest BCUT2D eigenvalue weighted by atomic mass is 10.3. The van der Waals surface area contributed by atoms with Crippen LogP contribution in [0.1, 0.15) is 13.3 Å². The van der Waals surface area contributed by atoms with Crippen LogP contribution in [0.25, 0.3) is 0 Å². The average molecular weight is 274 g/mol. The van der Waals surface area contributed by atoms with E-state index in [9.17, 15) is 4.79 Å². The average Bonchev–Trinajstić information content (AvgIpc) is 2.35. The number of carbonyl (C=O) groups excluding carboxylic acids is 1. The van der Waals surface area contributed by atoms with Gasteiger partial charge >= 0.3 is 6.09 Å². The van der Waals surface area contributed by atoms with Gasteiger partial charge in [-0.2, -0.15) is 0 Å². The molecule has 0 spiro atoms. The van der Waals surface area contributed by atoms with Crippen LogP contribution in [0.4, 0.5) is 10.5 Å². The predicted octanol–water partition coefficient (Wildman–Crippen LogP) is 2.67. The molecule has 1 aromatic carbocycles. The van der Waals surface area contributed by atoms with Crippen molar-refractivity contribution in [3.63, 3.8) is 0 Å². The summed E-state index contributed by atoms with van der Waals surface area (Å²) in [6, 6.07) is 4.92. The van der Waals surface area contributed by atoms with E-state index >= 15 is 0 Å². The number of hydrogen-bond donors (Lipinski definition) is 2. The summed E-state index contributed by atoms with van der Waals surface area (Å²) in [6.07, 6.45) is 0.256. The van der Waals surface area contributed by atoms with Gasteiger partial charge in [0.25, 0.3) is 0 Å². The molecule has 6 heteroatoms. The smallest absolute Gasteiger partial charge is 0.411 e.